The fraction of sp³-hybridized carbons (Fsp3) is 0.917. The van der Waals surface area contributed by atoms with Crippen LogP contribution in [0.25, 0.3) is 0 Å². The molecule has 21 heavy (non-hydrogen) atoms. The van der Waals surface area contributed by atoms with Gasteiger partial charge in [-0.3, -0.25) is 4.79 Å². The van der Waals surface area contributed by atoms with Gasteiger partial charge in [-0.25, -0.2) is 0 Å². The number of carbonyl (C=O) groups is 1. The number of ether oxygens (including phenoxy) is 3. The van der Waals surface area contributed by atoms with Crippen LogP contribution in [-0.2, 0) is 19.0 Å². The molecule has 0 aromatic carbocycles. The second kappa shape index (κ2) is 10.0. The molecule has 0 aromatic rings. The van der Waals surface area contributed by atoms with Crippen molar-refractivity contribution in [2.24, 2.45) is 0 Å². The summed E-state index contributed by atoms with van der Waals surface area (Å²) in [5, 5.41) is 33.8. The van der Waals surface area contributed by atoms with Crippen molar-refractivity contribution >= 4 is 5.91 Å². The summed E-state index contributed by atoms with van der Waals surface area (Å²) in [6, 6.07) is -1.10. The molecule has 1 rings (SSSR count). The van der Waals surface area contributed by atoms with Crippen molar-refractivity contribution in [3.63, 3.8) is 0 Å². The van der Waals surface area contributed by atoms with E-state index < -0.39 is 24.3 Å². The maximum atomic E-state index is 11.5. The van der Waals surface area contributed by atoms with Gasteiger partial charge in [0.05, 0.1) is 44.1 Å². The number of hydrogen-bond acceptors (Lipinski definition) is 8. The molecule has 0 aromatic heterocycles. The first-order valence-electron chi connectivity index (χ1n) is 6.74. The zero-order chi connectivity index (χ0) is 15.7. The minimum atomic E-state index is -1.05. The van der Waals surface area contributed by atoms with Gasteiger partial charge in [-0.15, -0.1) is 0 Å². The van der Waals surface area contributed by atoms with Gasteiger partial charge in [0.2, 0.25) is 5.91 Å². The van der Waals surface area contributed by atoms with E-state index in [1.165, 1.54) is 7.11 Å². The van der Waals surface area contributed by atoms with Crippen molar-refractivity contribution < 1.29 is 34.3 Å². The molecule has 0 aliphatic carbocycles. The van der Waals surface area contributed by atoms with Crippen molar-refractivity contribution in [1.29, 1.82) is 0 Å². The smallest absolute Gasteiger partial charge is 0.246 e. The van der Waals surface area contributed by atoms with Crippen LogP contribution in [0, 0.1) is 0 Å². The maximum Gasteiger partial charge on any atom is 0.246 e. The number of rotatable bonds is 10. The highest BCUT2D eigenvalue weighted by Gasteiger charge is 2.40. The molecule has 1 heterocycles. The number of aliphatic hydroxyl groups is 3. The SMILES string of the molecule is COCOCCOCC(=O)NC[C@@H]1N[C@H](CO)[C@H](O)[C@@H]1O. The number of methoxy groups -OCH3 is 1. The molecular formula is C12H24N2O7. The van der Waals surface area contributed by atoms with Crippen molar-refractivity contribution in [2.75, 3.05) is 46.9 Å². The van der Waals surface area contributed by atoms with E-state index >= 15 is 0 Å². The lowest BCUT2D eigenvalue weighted by atomic mass is 10.1. The average molecular weight is 308 g/mol. The number of hydrogen-bond donors (Lipinski definition) is 5. The van der Waals surface area contributed by atoms with Crippen LogP contribution in [0.4, 0.5) is 0 Å². The predicted octanol–water partition coefficient (Wildman–Crippen LogP) is -3.21. The first-order chi connectivity index (χ1) is 10.1. The van der Waals surface area contributed by atoms with E-state index in [0.29, 0.717) is 6.61 Å². The lowest BCUT2D eigenvalue weighted by Crippen LogP contribution is -2.45. The van der Waals surface area contributed by atoms with E-state index in [1.807, 2.05) is 0 Å². The Morgan fingerprint density at radius 2 is 1.86 bits per heavy atom. The second-order valence-electron chi connectivity index (χ2n) is 4.71. The van der Waals surface area contributed by atoms with Gasteiger partial charge in [-0.2, -0.15) is 0 Å². The fourth-order valence-electron chi connectivity index (χ4n) is 1.99. The van der Waals surface area contributed by atoms with Crippen LogP contribution in [0.3, 0.4) is 0 Å². The zero-order valence-electron chi connectivity index (χ0n) is 12.0. The molecule has 5 N–H and O–H groups in total. The molecular weight excluding hydrogens is 284 g/mol. The number of amides is 1. The second-order valence-corrected chi connectivity index (χ2v) is 4.71. The number of carbonyl (C=O) groups excluding carboxylic acids is 1. The van der Waals surface area contributed by atoms with E-state index in [4.69, 9.17) is 14.6 Å². The lowest BCUT2D eigenvalue weighted by Gasteiger charge is -2.16. The van der Waals surface area contributed by atoms with Crippen molar-refractivity contribution in [1.82, 2.24) is 10.6 Å². The van der Waals surface area contributed by atoms with Gasteiger partial charge in [0, 0.05) is 13.7 Å². The van der Waals surface area contributed by atoms with Gasteiger partial charge in [0.15, 0.2) is 0 Å². The topological polar surface area (TPSA) is 130 Å². The third-order valence-electron chi connectivity index (χ3n) is 3.12. The first-order valence-corrected chi connectivity index (χ1v) is 6.74. The largest absolute Gasteiger partial charge is 0.395 e. The Labute approximate surface area is 123 Å². The summed E-state index contributed by atoms with van der Waals surface area (Å²) in [6.07, 6.45) is -2.09. The van der Waals surface area contributed by atoms with Gasteiger partial charge in [-0.1, -0.05) is 0 Å². The molecule has 1 fully saturated rings. The van der Waals surface area contributed by atoms with E-state index in [-0.39, 0.29) is 39.1 Å². The van der Waals surface area contributed by atoms with Crippen molar-refractivity contribution in [3.05, 3.63) is 0 Å². The monoisotopic (exact) mass is 308 g/mol. The van der Waals surface area contributed by atoms with E-state index in [2.05, 4.69) is 15.4 Å². The van der Waals surface area contributed by atoms with Crippen molar-refractivity contribution in [2.45, 2.75) is 24.3 Å². The van der Waals surface area contributed by atoms with E-state index in [1.54, 1.807) is 0 Å². The average Bonchev–Trinajstić information content (AvgIpc) is 2.76. The van der Waals surface area contributed by atoms with E-state index in [9.17, 15) is 15.0 Å². The van der Waals surface area contributed by atoms with Gasteiger partial charge >= 0.3 is 0 Å². The Kier molecular flexibility index (Phi) is 8.69. The molecule has 9 nitrogen and oxygen atoms in total. The summed E-state index contributed by atoms with van der Waals surface area (Å²) >= 11 is 0. The molecule has 1 aliphatic heterocycles. The molecule has 124 valence electrons. The molecule has 0 bridgehead atoms. The molecule has 9 heteroatoms. The van der Waals surface area contributed by atoms with Gasteiger partial charge < -0.3 is 40.2 Å². The molecule has 1 aliphatic rings. The summed E-state index contributed by atoms with van der Waals surface area (Å²) in [5.74, 6) is -0.335. The summed E-state index contributed by atoms with van der Waals surface area (Å²) < 4.78 is 14.7. The van der Waals surface area contributed by atoms with Gasteiger partial charge in [0.25, 0.3) is 0 Å². The molecule has 0 spiro atoms. The van der Waals surface area contributed by atoms with Crippen LogP contribution in [0.1, 0.15) is 0 Å². The summed E-state index contributed by atoms with van der Waals surface area (Å²) in [4.78, 5) is 11.5. The predicted molar refractivity (Wildman–Crippen MR) is 71.5 cm³/mol. The van der Waals surface area contributed by atoms with Crippen LogP contribution in [0.15, 0.2) is 0 Å². The van der Waals surface area contributed by atoms with Crippen LogP contribution in [0.5, 0.6) is 0 Å². The van der Waals surface area contributed by atoms with Crippen LogP contribution >= 0.6 is 0 Å². The Morgan fingerprint density at radius 3 is 2.48 bits per heavy atom. The highest BCUT2D eigenvalue weighted by molar-refractivity contribution is 5.77. The summed E-state index contributed by atoms with van der Waals surface area (Å²) in [7, 11) is 1.51. The standard InChI is InChI=1S/C12H24N2O7/c1-19-7-21-3-2-20-6-10(16)13-4-8-11(17)12(18)9(5-15)14-8/h8-9,11-12,14-15,17-18H,2-7H2,1H3,(H,13,16)/t8-,9+,11+,12-/m0/s1. The van der Waals surface area contributed by atoms with Crippen LogP contribution in [0.2, 0.25) is 0 Å². The molecule has 4 atom stereocenters. The third-order valence-corrected chi connectivity index (χ3v) is 3.12. The van der Waals surface area contributed by atoms with E-state index in [0.717, 1.165) is 0 Å². The quantitative estimate of drug-likeness (QED) is 0.211. The molecule has 1 amide bonds. The normalized spacial score (nSPS) is 28.8. The Morgan fingerprint density at radius 1 is 1.19 bits per heavy atom. The van der Waals surface area contributed by atoms with Crippen LogP contribution in [-0.4, -0.2) is 92.4 Å². The minimum Gasteiger partial charge on any atom is -0.395 e. The summed E-state index contributed by atoms with van der Waals surface area (Å²) in [5.41, 5.74) is 0. The molecule has 0 saturated carbocycles. The molecule has 1 saturated heterocycles. The maximum absolute atomic E-state index is 11.5. The first kappa shape index (κ1) is 18.2. The number of nitrogens with one attached hydrogen (secondary N) is 2. The minimum absolute atomic E-state index is 0.120. The van der Waals surface area contributed by atoms with Crippen LogP contribution < -0.4 is 10.6 Å². The fourth-order valence-corrected chi connectivity index (χ4v) is 1.99. The summed E-state index contributed by atoms with van der Waals surface area (Å²) in [6.45, 7) is 0.505. The molecule has 0 unspecified atom stereocenters. The Balaban J connectivity index is 2.10. The highest BCUT2D eigenvalue weighted by atomic mass is 16.7. The Bertz CT molecular complexity index is 305. The van der Waals surface area contributed by atoms with Gasteiger partial charge in [-0.05, 0) is 0 Å². The third kappa shape index (κ3) is 6.22. The highest BCUT2D eigenvalue weighted by Crippen LogP contribution is 2.13. The molecule has 0 radical (unpaired) electrons. The van der Waals surface area contributed by atoms with Gasteiger partial charge in [0.1, 0.15) is 13.4 Å². The Hall–Kier alpha value is -0.810. The number of aliphatic hydroxyl groups excluding tert-OH is 3. The van der Waals surface area contributed by atoms with Crippen molar-refractivity contribution in [3.8, 4) is 0 Å². The zero-order valence-corrected chi connectivity index (χ0v) is 12.0. The lowest BCUT2D eigenvalue weighted by molar-refractivity contribution is -0.127.